The molecule has 0 atom stereocenters. The van der Waals surface area contributed by atoms with Crippen molar-refractivity contribution in [1.82, 2.24) is 4.90 Å². The van der Waals surface area contributed by atoms with Crippen LogP contribution in [0.3, 0.4) is 0 Å². The van der Waals surface area contributed by atoms with Gasteiger partial charge in [-0.05, 0) is 46.5 Å². The second kappa shape index (κ2) is 7.30. The van der Waals surface area contributed by atoms with Gasteiger partial charge in [0, 0.05) is 35.0 Å². The molecule has 0 saturated carbocycles. The first-order valence-electron chi connectivity index (χ1n) is 6.89. The van der Waals surface area contributed by atoms with E-state index in [-0.39, 0.29) is 18.4 Å². The highest BCUT2D eigenvalue weighted by molar-refractivity contribution is 9.10. The first-order valence-corrected chi connectivity index (χ1v) is 8.06. The van der Waals surface area contributed by atoms with E-state index in [4.69, 9.17) is 22.4 Å². The highest BCUT2D eigenvalue weighted by Gasteiger charge is 2.27. The van der Waals surface area contributed by atoms with Crippen molar-refractivity contribution in [3.63, 3.8) is 0 Å². The maximum Gasteiger partial charge on any atom is 0.407 e. The van der Waals surface area contributed by atoms with Crippen molar-refractivity contribution >= 4 is 45.2 Å². The number of carbonyl (C=O) groups is 2. The Labute approximate surface area is 141 Å². The van der Waals surface area contributed by atoms with Crippen LogP contribution in [0.15, 0.2) is 16.6 Å². The second-order valence-electron chi connectivity index (χ2n) is 5.16. The normalized spacial score (nSPS) is 15.7. The van der Waals surface area contributed by atoms with Gasteiger partial charge in [0.25, 0.3) is 0 Å². The number of hydrogen-bond acceptors (Lipinski definition) is 3. The molecule has 0 unspecified atom stereocenters. The summed E-state index contributed by atoms with van der Waals surface area (Å²) < 4.78 is 0.686. The van der Waals surface area contributed by atoms with Crippen LogP contribution in [-0.4, -0.2) is 35.1 Å². The zero-order valence-electron chi connectivity index (χ0n) is 11.8. The Morgan fingerprint density at radius 2 is 2.05 bits per heavy atom. The number of halogens is 2. The quantitative estimate of drug-likeness (QED) is 0.739. The molecule has 6 nitrogen and oxygen atoms in total. The van der Waals surface area contributed by atoms with E-state index in [1.165, 1.54) is 4.90 Å². The van der Waals surface area contributed by atoms with E-state index in [0.29, 0.717) is 41.1 Å². The van der Waals surface area contributed by atoms with Crippen LogP contribution in [0.1, 0.15) is 18.4 Å². The SMILES string of the molecule is NCc1cc(NC(=O)C2CCN(C(=O)O)CC2)c(Br)cc1Cl. The Morgan fingerprint density at radius 1 is 1.41 bits per heavy atom. The molecule has 1 aliphatic rings. The van der Waals surface area contributed by atoms with Crippen LogP contribution in [0.25, 0.3) is 0 Å². The van der Waals surface area contributed by atoms with Crippen molar-refractivity contribution < 1.29 is 14.7 Å². The van der Waals surface area contributed by atoms with Crippen molar-refractivity contribution in [3.8, 4) is 0 Å². The fraction of sp³-hybridized carbons (Fsp3) is 0.429. The first-order chi connectivity index (χ1) is 10.4. The Balaban J connectivity index is 2.02. The standard InChI is InChI=1S/C14H17BrClN3O3/c15-10-6-11(16)9(7-17)5-12(10)18-13(20)8-1-3-19(4-2-8)14(21)22/h5-6,8H,1-4,7,17H2,(H,18,20)(H,21,22). The summed E-state index contributed by atoms with van der Waals surface area (Å²) in [7, 11) is 0. The number of piperidine rings is 1. The lowest BCUT2D eigenvalue weighted by Crippen LogP contribution is -2.40. The van der Waals surface area contributed by atoms with Gasteiger partial charge in [0.1, 0.15) is 0 Å². The third kappa shape index (κ3) is 3.91. The van der Waals surface area contributed by atoms with E-state index in [0.717, 1.165) is 5.56 Å². The van der Waals surface area contributed by atoms with Crippen molar-refractivity contribution in [2.24, 2.45) is 11.7 Å². The lowest BCUT2D eigenvalue weighted by molar-refractivity contribution is -0.121. The molecular weight excluding hydrogens is 374 g/mol. The fourth-order valence-electron chi connectivity index (χ4n) is 2.41. The number of nitrogens with two attached hydrogens (primary N) is 1. The summed E-state index contributed by atoms with van der Waals surface area (Å²) in [5, 5.41) is 12.3. The highest BCUT2D eigenvalue weighted by Crippen LogP contribution is 2.30. The minimum atomic E-state index is -0.938. The lowest BCUT2D eigenvalue weighted by Gasteiger charge is -2.29. The summed E-state index contributed by atoms with van der Waals surface area (Å²) in [6.07, 6.45) is 0.104. The van der Waals surface area contributed by atoms with Gasteiger partial charge in [-0.3, -0.25) is 4.79 Å². The molecule has 1 fully saturated rings. The number of carboxylic acid groups (broad SMARTS) is 1. The molecule has 120 valence electrons. The average Bonchev–Trinajstić information content (AvgIpc) is 2.50. The Bertz CT molecular complexity index is 589. The van der Waals surface area contributed by atoms with Crippen LogP contribution in [0.5, 0.6) is 0 Å². The van der Waals surface area contributed by atoms with Gasteiger partial charge in [0.15, 0.2) is 0 Å². The van der Waals surface area contributed by atoms with Gasteiger partial charge in [-0.1, -0.05) is 11.6 Å². The van der Waals surface area contributed by atoms with Gasteiger partial charge < -0.3 is 21.1 Å². The van der Waals surface area contributed by atoms with E-state index in [1.807, 2.05) is 0 Å². The maximum atomic E-state index is 12.3. The van der Waals surface area contributed by atoms with Crippen molar-refractivity contribution in [2.75, 3.05) is 18.4 Å². The topological polar surface area (TPSA) is 95.7 Å². The number of hydrogen-bond donors (Lipinski definition) is 3. The zero-order chi connectivity index (χ0) is 16.3. The molecule has 0 spiro atoms. The largest absolute Gasteiger partial charge is 0.465 e. The van der Waals surface area contributed by atoms with Gasteiger partial charge in [-0.2, -0.15) is 0 Å². The molecule has 1 aliphatic heterocycles. The van der Waals surface area contributed by atoms with Crippen LogP contribution >= 0.6 is 27.5 Å². The number of nitrogens with one attached hydrogen (secondary N) is 1. The number of anilines is 1. The summed E-state index contributed by atoms with van der Waals surface area (Å²) in [4.78, 5) is 24.5. The fourth-order valence-corrected chi connectivity index (χ4v) is 3.23. The van der Waals surface area contributed by atoms with Crippen molar-refractivity contribution in [1.29, 1.82) is 0 Å². The molecule has 2 amide bonds. The van der Waals surface area contributed by atoms with Crippen LogP contribution in [0.4, 0.5) is 10.5 Å². The van der Waals surface area contributed by atoms with Gasteiger partial charge in [0.05, 0.1) is 5.69 Å². The predicted octanol–water partition coefficient (Wildman–Crippen LogP) is 2.89. The van der Waals surface area contributed by atoms with E-state index >= 15 is 0 Å². The maximum absolute atomic E-state index is 12.3. The van der Waals surface area contributed by atoms with Gasteiger partial charge in [0.2, 0.25) is 5.91 Å². The Hall–Kier alpha value is -1.31. The van der Waals surface area contributed by atoms with Gasteiger partial charge in [-0.15, -0.1) is 0 Å². The molecule has 4 N–H and O–H groups in total. The Morgan fingerprint density at radius 3 is 2.59 bits per heavy atom. The molecular formula is C14H17BrClN3O3. The van der Waals surface area contributed by atoms with Crippen LogP contribution in [0.2, 0.25) is 5.02 Å². The van der Waals surface area contributed by atoms with Crippen LogP contribution in [0, 0.1) is 5.92 Å². The molecule has 0 bridgehead atoms. The summed E-state index contributed by atoms with van der Waals surface area (Å²) in [5.74, 6) is -0.310. The average molecular weight is 391 g/mol. The molecule has 22 heavy (non-hydrogen) atoms. The molecule has 2 rings (SSSR count). The van der Waals surface area contributed by atoms with E-state index in [2.05, 4.69) is 21.2 Å². The van der Waals surface area contributed by atoms with Gasteiger partial charge >= 0.3 is 6.09 Å². The number of nitrogens with zero attached hydrogens (tertiary/aromatic N) is 1. The number of likely N-dealkylation sites (tertiary alicyclic amines) is 1. The van der Waals surface area contributed by atoms with Crippen molar-refractivity contribution in [3.05, 3.63) is 27.2 Å². The number of carbonyl (C=O) groups excluding carboxylic acids is 1. The first kappa shape index (κ1) is 17.1. The van der Waals surface area contributed by atoms with E-state index in [9.17, 15) is 9.59 Å². The molecule has 1 heterocycles. The van der Waals surface area contributed by atoms with E-state index in [1.54, 1.807) is 12.1 Å². The van der Waals surface area contributed by atoms with Crippen LogP contribution < -0.4 is 11.1 Å². The summed E-state index contributed by atoms with van der Waals surface area (Å²) >= 11 is 9.41. The van der Waals surface area contributed by atoms with Gasteiger partial charge in [-0.25, -0.2) is 4.79 Å². The van der Waals surface area contributed by atoms with E-state index < -0.39 is 6.09 Å². The molecule has 8 heteroatoms. The molecule has 1 saturated heterocycles. The third-order valence-corrected chi connectivity index (χ3v) is 4.76. The smallest absolute Gasteiger partial charge is 0.407 e. The summed E-state index contributed by atoms with van der Waals surface area (Å²) in [6, 6.07) is 3.45. The number of amides is 2. The number of benzene rings is 1. The minimum Gasteiger partial charge on any atom is -0.465 e. The summed E-state index contributed by atoms with van der Waals surface area (Å²) in [5.41, 5.74) is 6.98. The zero-order valence-corrected chi connectivity index (χ0v) is 14.2. The number of rotatable bonds is 3. The predicted molar refractivity (Wildman–Crippen MR) is 88.0 cm³/mol. The molecule has 0 aliphatic carbocycles. The lowest BCUT2D eigenvalue weighted by atomic mass is 9.96. The molecule has 0 radical (unpaired) electrons. The van der Waals surface area contributed by atoms with Crippen molar-refractivity contribution in [2.45, 2.75) is 19.4 Å². The molecule has 1 aromatic rings. The Kier molecular flexibility index (Phi) is 5.66. The molecule has 1 aromatic carbocycles. The minimum absolute atomic E-state index is 0.115. The monoisotopic (exact) mass is 389 g/mol. The second-order valence-corrected chi connectivity index (χ2v) is 6.42. The highest BCUT2D eigenvalue weighted by atomic mass is 79.9. The third-order valence-electron chi connectivity index (χ3n) is 3.75. The molecule has 0 aromatic heterocycles. The van der Waals surface area contributed by atoms with Crippen LogP contribution in [-0.2, 0) is 11.3 Å². The summed E-state index contributed by atoms with van der Waals surface area (Å²) in [6.45, 7) is 1.04.